The number of nitrogens with two attached hydrogens (primary N) is 1. The Kier molecular flexibility index (Phi) is 2.43. The van der Waals surface area contributed by atoms with Gasteiger partial charge in [0, 0.05) is 11.5 Å². The number of aromatic nitrogens is 3. The molecule has 3 aromatic rings. The number of pyridine rings is 1. The van der Waals surface area contributed by atoms with Gasteiger partial charge in [-0.2, -0.15) is 5.26 Å². The van der Waals surface area contributed by atoms with Crippen LogP contribution in [0.4, 0.5) is 5.82 Å². The fourth-order valence-corrected chi connectivity index (χ4v) is 2.12. The number of nitriles is 1. The summed E-state index contributed by atoms with van der Waals surface area (Å²) >= 11 is 0. The summed E-state index contributed by atoms with van der Waals surface area (Å²) in [6.07, 6.45) is 1.57. The average molecular weight is 250 g/mol. The highest BCUT2D eigenvalue weighted by molar-refractivity contribution is 5.82. The highest BCUT2D eigenvalue weighted by Crippen LogP contribution is 2.18. The first-order valence-corrected chi connectivity index (χ1v) is 5.86. The Balaban J connectivity index is 2.26. The van der Waals surface area contributed by atoms with Gasteiger partial charge >= 0.3 is 0 Å². The van der Waals surface area contributed by atoms with Crippen molar-refractivity contribution in [3.63, 3.8) is 0 Å². The summed E-state index contributed by atoms with van der Waals surface area (Å²) in [6.45, 7) is 2.03. The van der Waals surface area contributed by atoms with Crippen molar-refractivity contribution < 1.29 is 4.68 Å². The first-order chi connectivity index (χ1) is 9.20. The maximum atomic E-state index is 8.92. The topological polar surface area (TPSA) is 82.4 Å². The van der Waals surface area contributed by atoms with Crippen molar-refractivity contribution in [2.24, 2.45) is 0 Å². The number of benzene rings is 1. The molecule has 0 amide bonds. The van der Waals surface area contributed by atoms with Gasteiger partial charge in [0.1, 0.15) is 17.1 Å². The highest BCUT2D eigenvalue weighted by atomic mass is 15.3. The molecule has 0 aliphatic carbocycles. The predicted octanol–water partition coefficient (Wildman–Crippen LogP) is 1.60. The second-order valence-corrected chi connectivity index (χ2v) is 4.33. The molecule has 19 heavy (non-hydrogen) atoms. The number of nitrogens with zero attached hydrogens (tertiary/aromatic N) is 3. The van der Waals surface area contributed by atoms with E-state index in [9.17, 15) is 0 Å². The van der Waals surface area contributed by atoms with Gasteiger partial charge in [-0.05, 0) is 18.6 Å². The molecule has 3 rings (SSSR count). The van der Waals surface area contributed by atoms with Gasteiger partial charge in [-0.1, -0.05) is 18.2 Å². The predicted molar refractivity (Wildman–Crippen MR) is 71.5 cm³/mol. The number of para-hydroxylation sites is 1. The van der Waals surface area contributed by atoms with Gasteiger partial charge in [0.25, 0.3) is 11.6 Å². The maximum absolute atomic E-state index is 8.92. The molecule has 0 unspecified atom stereocenters. The molecular formula is C14H12N5+. The van der Waals surface area contributed by atoms with E-state index in [-0.39, 0.29) is 0 Å². The first kappa shape index (κ1) is 11.2. The standard InChI is InChI=1S/C14H11N5/c1-9-6-13(18-12-5-3-2-4-11(9)12)19-14(16)10(7-15)8-17-19/h2-6,8H,1H3,(H2,16,17)/p+1. The van der Waals surface area contributed by atoms with Crippen molar-refractivity contribution in [2.75, 3.05) is 5.73 Å². The molecule has 2 heterocycles. The summed E-state index contributed by atoms with van der Waals surface area (Å²) < 4.78 is 1.61. The quantitative estimate of drug-likeness (QED) is 0.643. The first-order valence-electron chi connectivity index (χ1n) is 5.86. The van der Waals surface area contributed by atoms with E-state index >= 15 is 0 Å². The number of fused-ring (bicyclic) bond motifs is 1. The second kappa shape index (κ2) is 4.10. The molecule has 0 atom stereocenters. The minimum absolute atomic E-state index is 0.365. The monoisotopic (exact) mass is 250 g/mol. The van der Waals surface area contributed by atoms with E-state index in [1.165, 1.54) is 0 Å². The summed E-state index contributed by atoms with van der Waals surface area (Å²) in [5, 5.41) is 13.0. The number of aryl methyl sites for hydroxylation is 1. The Morgan fingerprint density at radius 3 is 2.89 bits per heavy atom. The van der Waals surface area contributed by atoms with E-state index in [0.29, 0.717) is 17.2 Å². The van der Waals surface area contributed by atoms with E-state index < -0.39 is 0 Å². The van der Waals surface area contributed by atoms with Crippen LogP contribution >= 0.6 is 0 Å². The van der Waals surface area contributed by atoms with E-state index in [2.05, 4.69) is 10.1 Å². The van der Waals surface area contributed by atoms with Crippen LogP contribution in [0.15, 0.2) is 36.5 Å². The minimum atomic E-state index is 0.365. The Morgan fingerprint density at radius 2 is 2.16 bits per heavy atom. The Hall–Kier alpha value is -2.87. The van der Waals surface area contributed by atoms with E-state index in [1.54, 1.807) is 10.9 Å². The van der Waals surface area contributed by atoms with Crippen LogP contribution in [-0.2, 0) is 0 Å². The zero-order valence-electron chi connectivity index (χ0n) is 10.4. The molecule has 0 saturated carbocycles. The van der Waals surface area contributed by atoms with Crippen LogP contribution in [0.3, 0.4) is 0 Å². The number of nitrogens with one attached hydrogen (secondary N) is 1. The van der Waals surface area contributed by atoms with Gasteiger partial charge in [-0.3, -0.25) is 0 Å². The lowest BCUT2D eigenvalue weighted by atomic mass is 10.1. The van der Waals surface area contributed by atoms with Crippen molar-refractivity contribution >= 4 is 16.7 Å². The lowest BCUT2D eigenvalue weighted by Crippen LogP contribution is -2.36. The fraction of sp³-hybridized carbons (Fsp3) is 0.0714. The number of H-pyrrole nitrogens is 1. The molecule has 5 nitrogen and oxygen atoms in total. The zero-order chi connectivity index (χ0) is 13.4. The lowest BCUT2D eigenvalue weighted by molar-refractivity contribution is -0.644. The number of hydrogen-bond donors (Lipinski definition) is 2. The third-order valence-electron chi connectivity index (χ3n) is 3.11. The second-order valence-electron chi connectivity index (χ2n) is 4.33. The van der Waals surface area contributed by atoms with Crippen LogP contribution in [0.25, 0.3) is 16.7 Å². The van der Waals surface area contributed by atoms with Crippen LogP contribution in [-0.4, -0.2) is 10.1 Å². The molecular weight excluding hydrogens is 238 g/mol. The summed E-state index contributed by atoms with van der Waals surface area (Å²) in [5.41, 5.74) is 8.33. The average Bonchev–Trinajstić information content (AvgIpc) is 2.80. The maximum Gasteiger partial charge on any atom is 0.285 e. The van der Waals surface area contributed by atoms with Gasteiger partial charge in [-0.15, -0.1) is 9.67 Å². The molecule has 0 aliphatic heterocycles. The van der Waals surface area contributed by atoms with Crippen LogP contribution in [0, 0.1) is 18.3 Å². The van der Waals surface area contributed by atoms with Crippen molar-refractivity contribution in [3.05, 3.63) is 47.7 Å². The summed E-state index contributed by atoms with van der Waals surface area (Å²) in [4.78, 5) is 4.56. The number of anilines is 1. The third-order valence-corrected chi connectivity index (χ3v) is 3.11. The van der Waals surface area contributed by atoms with Crippen molar-refractivity contribution in [2.45, 2.75) is 6.92 Å². The zero-order valence-corrected chi connectivity index (χ0v) is 10.4. The summed E-state index contributed by atoms with van der Waals surface area (Å²) in [5.74, 6) is 1.04. The van der Waals surface area contributed by atoms with E-state index in [0.717, 1.165) is 16.5 Å². The summed E-state index contributed by atoms with van der Waals surface area (Å²) in [7, 11) is 0. The van der Waals surface area contributed by atoms with Gasteiger partial charge in [-0.25, -0.2) is 5.10 Å². The molecule has 0 aliphatic rings. The van der Waals surface area contributed by atoms with Gasteiger partial charge in [0.2, 0.25) is 0 Å². The van der Waals surface area contributed by atoms with Crippen molar-refractivity contribution in [3.8, 4) is 11.9 Å². The largest absolute Gasteiger partial charge is 0.316 e. The fourth-order valence-electron chi connectivity index (χ4n) is 2.12. The highest BCUT2D eigenvalue weighted by Gasteiger charge is 2.17. The van der Waals surface area contributed by atoms with Crippen LogP contribution in [0.5, 0.6) is 0 Å². The Morgan fingerprint density at radius 1 is 1.37 bits per heavy atom. The Labute approximate surface area is 109 Å². The molecule has 1 aromatic carbocycles. The normalized spacial score (nSPS) is 10.5. The Bertz CT molecular complexity index is 810. The van der Waals surface area contributed by atoms with Crippen LogP contribution in [0.1, 0.15) is 11.1 Å². The van der Waals surface area contributed by atoms with E-state index in [1.807, 2.05) is 43.3 Å². The number of rotatable bonds is 1. The minimum Gasteiger partial charge on any atom is -0.316 e. The van der Waals surface area contributed by atoms with E-state index in [4.69, 9.17) is 11.0 Å². The molecule has 92 valence electrons. The molecule has 5 heteroatoms. The molecule has 0 saturated heterocycles. The third kappa shape index (κ3) is 1.70. The SMILES string of the molecule is Cc1cc(-[n+]2[nH]cc(C#N)c2N)nc2ccccc12. The number of hydrogen-bond acceptors (Lipinski definition) is 3. The van der Waals surface area contributed by atoms with Gasteiger partial charge < -0.3 is 5.73 Å². The van der Waals surface area contributed by atoms with Gasteiger partial charge in [0.15, 0.2) is 0 Å². The number of nitrogen functional groups attached to an aromatic ring is 1. The van der Waals surface area contributed by atoms with Crippen molar-refractivity contribution in [1.82, 2.24) is 10.1 Å². The molecule has 0 fully saturated rings. The molecule has 0 bridgehead atoms. The lowest BCUT2D eigenvalue weighted by Gasteiger charge is -2.01. The molecule has 2 aromatic heterocycles. The smallest absolute Gasteiger partial charge is 0.285 e. The van der Waals surface area contributed by atoms with Crippen molar-refractivity contribution in [1.29, 1.82) is 5.26 Å². The number of aromatic amines is 1. The molecule has 3 N–H and O–H groups in total. The summed E-state index contributed by atoms with van der Waals surface area (Å²) in [6, 6.07) is 11.9. The molecule has 0 radical (unpaired) electrons. The van der Waals surface area contributed by atoms with Gasteiger partial charge in [0.05, 0.1) is 6.20 Å². The van der Waals surface area contributed by atoms with Crippen LogP contribution < -0.4 is 10.4 Å². The van der Waals surface area contributed by atoms with Crippen LogP contribution in [0.2, 0.25) is 0 Å². The molecule has 0 spiro atoms.